The van der Waals surface area contributed by atoms with E-state index in [-0.39, 0.29) is 30.6 Å². The molecule has 0 heterocycles. The fourth-order valence-corrected chi connectivity index (χ4v) is 4.52. The number of hydrogen-bond donors (Lipinski definition) is 2. The zero-order valence-corrected chi connectivity index (χ0v) is 18.1. The molecule has 2 aromatic rings. The van der Waals surface area contributed by atoms with Crippen LogP contribution < -0.4 is 10.6 Å². The third-order valence-electron chi connectivity index (χ3n) is 5.98. The number of alkyl carbamates (subject to hydrolysis) is 1. The molecule has 4 rings (SSSR count). The smallest absolute Gasteiger partial charge is 0.408 e. The first-order chi connectivity index (χ1) is 14.7. The van der Waals surface area contributed by atoms with E-state index in [0.29, 0.717) is 6.42 Å². The number of carbonyl (C=O) groups is 3. The molecule has 6 heteroatoms. The summed E-state index contributed by atoms with van der Waals surface area (Å²) in [7, 11) is 0. The van der Waals surface area contributed by atoms with Crippen molar-refractivity contribution in [1.29, 1.82) is 0 Å². The highest BCUT2D eigenvalue weighted by Gasteiger charge is 2.52. The van der Waals surface area contributed by atoms with Crippen molar-refractivity contribution in [2.45, 2.75) is 63.1 Å². The highest BCUT2D eigenvalue weighted by molar-refractivity contribution is 6.04. The van der Waals surface area contributed by atoms with Gasteiger partial charge in [0.05, 0.1) is 17.5 Å². The summed E-state index contributed by atoms with van der Waals surface area (Å²) in [5.74, 6) is -0.0933. The maximum atomic E-state index is 13.5. The van der Waals surface area contributed by atoms with Gasteiger partial charge in [-0.15, -0.1) is 0 Å². The van der Waals surface area contributed by atoms with Crippen LogP contribution in [0.2, 0.25) is 0 Å². The minimum absolute atomic E-state index is 0.0807. The number of benzene rings is 2. The van der Waals surface area contributed by atoms with Gasteiger partial charge in [0, 0.05) is 12.8 Å². The summed E-state index contributed by atoms with van der Waals surface area (Å²) in [4.78, 5) is 37.8. The molecule has 1 fully saturated rings. The maximum Gasteiger partial charge on any atom is 0.408 e. The van der Waals surface area contributed by atoms with Crippen molar-refractivity contribution in [3.8, 4) is 0 Å². The largest absolute Gasteiger partial charge is 0.444 e. The van der Waals surface area contributed by atoms with Crippen molar-refractivity contribution in [3.63, 3.8) is 0 Å². The lowest BCUT2D eigenvalue weighted by Crippen LogP contribution is -2.57. The standard InChI is InChI=1S/C25H28N2O4/c1-24(2,3)31-23(30)27-21-19-12-8-7-9-16(19)13-20(21)26-22(29)25(14-18(28)15-25)17-10-5-4-6-11-17/h4-12,20-21H,13-15H2,1-3H3,(H,26,29)(H,27,30)/t20-,21-/m0/s1. The van der Waals surface area contributed by atoms with Crippen molar-refractivity contribution >= 4 is 17.8 Å². The van der Waals surface area contributed by atoms with E-state index in [2.05, 4.69) is 10.6 Å². The number of nitrogens with one attached hydrogen (secondary N) is 2. The predicted molar refractivity (Wildman–Crippen MR) is 117 cm³/mol. The Morgan fingerprint density at radius 3 is 2.26 bits per heavy atom. The topological polar surface area (TPSA) is 84.5 Å². The van der Waals surface area contributed by atoms with Crippen LogP contribution in [0.25, 0.3) is 0 Å². The lowest BCUT2D eigenvalue weighted by atomic mass is 9.63. The fourth-order valence-electron chi connectivity index (χ4n) is 4.52. The van der Waals surface area contributed by atoms with Crippen LogP contribution >= 0.6 is 0 Å². The molecule has 1 saturated carbocycles. The summed E-state index contributed by atoms with van der Waals surface area (Å²) in [5, 5.41) is 6.08. The van der Waals surface area contributed by atoms with Gasteiger partial charge in [0.1, 0.15) is 11.4 Å². The van der Waals surface area contributed by atoms with E-state index in [0.717, 1.165) is 16.7 Å². The number of amides is 2. The second-order valence-electron chi connectivity index (χ2n) is 9.45. The van der Waals surface area contributed by atoms with E-state index in [9.17, 15) is 14.4 Å². The van der Waals surface area contributed by atoms with Crippen molar-refractivity contribution in [2.75, 3.05) is 0 Å². The molecule has 2 atom stereocenters. The van der Waals surface area contributed by atoms with E-state index >= 15 is 0 Å². The molecular formula is C25H28N2O4. The molecule has 0 aliphatic heterocycles. The average Bonchev–Trinajstić information content (AvgIpc) is 3.01. The quantitative estimate of drug-likeness (QED) is 0.792. The van der Waals surface area contributed by atoms with E-state index in [1.54, 1.807) is 0 Å². The number of ketones is 1. The van der Waals surface area contributed by atoms with Crippen LogP contribution in [0, 0.1) is 0 Å². The number of carbonyl (C=O) groups excluding carboxylic acids is 3. The fraction of sp³-hybridized carbons (Fsp3) is 0.400. The third-order valence-corrected chi connectivity index (χ3v) is 5.98. The average molecular weight is 421 g/mol. The predicted octanol–water partition coefficient (Wildman–Crippen LogP) is 3.59. The molecule has 0 bridgehead atoms. The summed E-state index contributed by atoms with van der Waals surface area (Å²) < 4.78 is 5.44. The lowest BCUT2D eigenvalue weighted by Gasteiger charge is -2.40. The van der Waals surface area contributed by atoms with Crippen LogP contribution in [0.1, 0.15) is 56.3 Å². The third kappa shape index (κ3) is 4.20. The van der Waals surface area contributed by atoms with Crippen LogP contribution in [-0.2, 0) is 26.2 Å². The highest BCUT2D eigenvalue weighted by atomic mass is 16.6. The molecule has 162 valence electrons. The molecule has 0 aromatic heterocycles. The number of ether oxygens (including phenoxy) is 1. The number of fused-ring (bicyclic) bond motifs is 1. The first kappa shape index (κ1) is 21.1. The molecule has 0 radical (unpaired) electrons. The van der Waals surface area contributed by atoms with Crippen molar-refractivity contribution in [3.05, 3.63) is 71.3 Å². The molecule has 0 spiro atoms. The molecule has 2 N–H and O–H groups in total. The van der Waals surface area contributed by atoms with Gasteiger partial charge in [-0.2, -0.15) is 0 Å². The molecule has 6 nitrogen and oxygen atoms in total. The summed E-state index contributed by atoms with van der Waals surface area (Å²) in [6.07, 6.45) is 0.477. The van der Waals surface area contributed by atoms with Gasteiger partial charge in [0.15, 0.2) is 0 Å². The summed E-state index contributed by atoms with van der Waals surface area (Å²) in [5.41, 5.74) is 1.43. The molecule has 2 aromatic carbocycles. The van der Waals surface area contributed by atoms with E-state index in [1.807, 2.05) is 75.4 Å². The van der Waals surface area contributed by atoms with Gasteiger partial charge in [0.2, 0.25) is 5.91 Å². The molecule has 0 saturated heterocycles. The Morgan fingerprint density at radius 2 is 1.61 bits per heavy atom. The summed E-state index contributed by atoms with van der Waals surface area (Å²) in [6, 6.07) is 16.5. The summed E-state index contributed by atoms with van der Waals surface area (Å²) >= 11 is 0. The van der Waals surface area contributed by atoms with Crippen LogP contribution in [0.15, 0.2) is 54.6 Å². The highest BCUT2D eigenvalue weighted by Crippen LogP contribution is 2.42. The minimum atomic E-state index is -0.844. The Bertz CT molecular complexity index is 1000. The minimum Gasteiger partial charge on any atom is -0.444 e. The van der Waals surface area contributed by atoms with Gasteiger partial charge in [-0.25, -0.2) is 4.79 Å². The Kier molecular flexibility index (Phi) is 5.33. The molecule has 2 amide bonds. The molecule has 2 aliphatic carbocycles. The van der Waals surface area contributed by atoms with Crippen molar-refractivity contribution in [2.24, 2.45) is 0 Å². The zero-order chi connectivity index (χ0) is 22.2. The SMILES string of the molecule is CC(C)(C)OC(=O)N[C@H]1c2ccccc2C[C@@H]1NC(=O)C1(c2ccccc2)CC(=O)C1. The Labute approximate surface area is 182 Å². The van der Waals surface area contributed by atoms with E-state index in [4.69, 9.17) is 4.74 Å². The van der Waals surface area contributed by atoms with Gasteiger partial charge >= 0.3 is 6.09 Å². The van der Waals surface area contributed by atoms with Gasteiger partial charge in [-0.3, -0.25) is 9.59 Å². The maximum absolute atomic E-state index is 13.5. The Balaban J connectivity index is 1.57. The number of Topliss-reactive ketones (excluding diaryl/α,β-unsaturated/α-hetero) is 1. The van der Waals surface area contributed by atoms with Gasteiger partial charge in [-0.05, 0) is 43.9 Å². The van der Waals surface area contributed by atoms with Crippen LogP contribution in [0.5, 0.6) is 0 Å². The molecular weight excluding hydrogens is 392 g/mol. The van der Waals surface area contributed by atoms with Gasteiger partial charge < -0.3 is 15.4 Å². The second kappa shape index (κ2) is 7.84. The van der Waals surface area contributed by atoms with Gasteiger partial charge in [-0.1, -0.05) is 54.6 Å². The van der Waals surface area contributed by atoms with Crippen molar-refractivity contribution < 1.29 is 19.1 Å². The first-order valence-corrected chi connectivity index (χ1v) is 10.6. The van der Waals surface area contributed by atoms with Crippen molar-refractivity contribution in [1.82, 2.24) is 10.6 Å². The Hall–Kier alpha value is -3.15. The molecule has 2 aliphatic rings. The number of rotatable bonds is 4. The second-order valence-corrected chi connectivity index (χ2v) is 9.45. The molecule has 31 heavy (non-hydrogen) atoms. The first-order valence-electron chi connectivity index (χ1n) is 10.6. The monoisotopic (exact) mass is 420 g/mol. The van der Waals surface area contributed by atoms with E-state index < -0.39 is 23.2 Å². The number of hydrogen-bond acceptors (Lipinski definition) is 4. The Morgan fingerprint density at radius 1 is 0.968 bits per heavy atom. The van der Waals surface area contributed by atoms with Gasteiger partial charge in [0.25, 0.3) is 0 Å². The van der Waals surface area contributed by atoms with Crippen LogP contribution in [0.3, 0.4) is 0 Å². The van der Waals surface area contributed by atoms with Crippen LogP contribution in [0.4, 0.5) is 4.79 Å². The molecule has 0 unspecified atom stereocenters. The van der Waals surface area contributed by atoms with E-state index in [1.165, 1.54) is 0 Å². The zero-order valence-electron chi connectivity index (χ0n) is 18.1. The summed E-state index contributed by atoms with van der Waals surface area (Å²) in [6.45, 7) is 5.43. The normalized spacial score (nSPS) is 21.6. The lowest BCUT2D eigenvalue weighted by molar-refractivity contribution is -0.141. The van der Waals surface area contributed by atoms with Crippen LogP contribution in [-0.4, -0.2) is 29.4 Å².